The first kappa shape index (κ1) is 10.6. The summed E-state index contributed by atoms with van der Waals surface area (Å²) in [6.45, 7) is 7.89. The van der Waals surface area contributed by atoms with Crippen molar-refractivity contribution in [1.29, 1.82) is 0 Å². The van der Waals surface area contributed by atoms with Gasteiger partial charge in [0.1, 0.15) is 0 Å². The summed E-state index contributed by atoms with van der Waals surface area (Å²) >= 11 is 0. The molecule has 0 spiro atoms. The van der Waals surface area contributed by atoms with Crippen LogP contribution < -0.4 is 0 Å². The number of aromatic nitrogens is 2. The molecule has 84 valence electrons. The number of nitrogens with zero attached hydrogens (tertiary/aromatic N) is 3. The van der Waals surface area contributed by atoms with Gasteiger partial charge in [0.15, 0.2) is 5.82 Å². The molecule has 0 bridgehead atoms. The Balaban J connectivity index is 1.89. The van der Waals surface area contributed by atoms with Crippen molar-refractivity contribution in [3.05, 3.63) is 11.7 Å². The number of likely N-dealkylation sites (tertiary alicyclic amines) is 1. The summed E-state index contributed by atoms with van der Waals surface area (Å²) in [5, 5.41) is 13.4. The predicted molar refractivity (Wildman–Crippen MR) is 54.3 cm³/mol. The Kier molecular flexibility index (Phi) is 2.52. The van der Waals surface area contributed by atoms with Crippen molar-refractivity contribution < 1.29 is 9.63 Å². The molecule has 1 aromatic rings. The van der Waals surface area contributed by atoms with Crippen molar-refractivity contribution in [2.75, 3.05) is 13.1 Å². The lowest BCUT2D eigenvalue weighted by Gasteiger charge is -2.43. The zero-order valence-corrected chi connectivity index (χ0v) is 9.40. The minimum absolute atomic E-state index is 0.269. The molecule has 0 saturated carbocycles. The summed E-state index contributed by atoms with van der Waals surface area (Å²) in [4.78, 5) is 6.37. The van der Waals surface area contributed by atoms with Crippen LogP contribution in [0, 0.1) is 0 Å². The monoisotopic (exact) mass is 211 g/mol. The Morgan fingerprint density at radius 2 is 2.20 bits per heavy atom. The summed E-state index contributed by atoms with van der Waals surface area (Å²) in [6.07, 6.45) is 0. The largest absolute Gasteiger partial charge is 0.388 e. The SMILES string of the molecule is CC(C)c1nc(CN2CC(C)(O)C2)no1. The molecule has 2 rings (SSSR count). The fourth-order valence-corrected chi connectivity index (χ4v) is 1.80. The maximum atomic E-state index is 9.55. The molecule has 2 heterocycles. The van der Waals surface area contributed by atoms with E-state index in [1.54, 1.807) is 0 Å². The van der Waals surface area contributed by atoms with Crippen molar-refractivity contribution in [2.24, 2.45) is 0 Å². The van der Waals surface area contributed by atoms with E-state index in [9.17, 15) is 5.11 Å². The highest BCUT2D eigenvalue weighted by Crippen LogP contribution is 2.21. The maximum Gasteiger partial charge on any atom is 0.229 e. The molecule has 1 aliphatic rings. The average Bonchev–Trinajstić information content (AvgIpc) is 2.49. The van der Waals surface area contributed by atoms with Gasteiger partial charge in [-0.1, -0.05) is 19.0 Å². The molecule has 0 aliphatic carbocycles. The molecule has 15 heavy (non-hydrogen) atoms. The molecule has 1 fully saturated rings. The summed E-state index contributed by atoms with van der Waals surface area (Å²) in [7, 11) is 0. The number of hydrogen-bond donors (Lipinski definition) is 1. The van der Waals surface area contributed by atoms with Crippen LogP contribution in [0.3, 0.4) is 0 Å². The molecule has 5 heteroatoms. The average molecular weight is 211 g/mol. The van der Waals surface area contributed by atoms with Crippen molar-refractivity contribution in [1.82, 2.24) is 15.0 Å². The standard InChI is InChI=1S/C10H17N3O2/c1-7(2)9-11-8(12-15-9)4-13-5-10(3,14)6-13/h7,14H,4-6H2,1-3H3. The van der Waals surface area contributed by atoms with Crippen LogP contribution in [-0.2, 0) is 6.54 Å². The molecule has 1 N–H and O–H groups in total. The van der Waals surface area contributed by atoms with Crippen molar-refractivity contribution in [3.63, 3.8) is 0 Å². The molecule has 0 radical (unpaired) electrons. The first-order valence-corrected chi connectivity index (χ1v) is 5.23. The van der Waals surface area contributed by atoms with Crippen molar-refractivity contribution >= 4 is 0 Å². The van der Waals surface area contributed by atoms with Gasteiger partial charge in [-0.25, -0.2) is 0 Å². The minimum Gasteiger partial charge on any atom is -0.388 e. The molecule has 0 unspecified atom stereocenters. The summed E-state index contributed by atoms with van der Waals surface area (Å²) in [6, 6.07) is 0. The summed E-state index contributed by atoms with van der Waals surface area (Å²) in [5.74, 6) is 1.65. The maximum absolute atomic E-state index is 9.55. The van der Waals surface area contributed by atoms with Gasteiger partial charge in [-0.05, 0) is 6.92 Å². The van der Waals surface area contributed by atoms with Crippen LogP contribution in [0.15, 0.2) is 4.52 Å². The second kappa shape index (κ2) is 3.57. The van der Waals surface area contributed by atoms with Gasteiger partial charge in [0.2, 0.25) is 5.89 Å². The zero-order chi connectivity index (χ0) is 11.1. The fourth-order valence-electron chi connectivity index (χ4n) is 1.80. The van der Waals surface area contributed by atoms with Gasteiger partial charge < -0.3 is 9.63 Å². The molecule has 1 aromatic heterocycles. The smallest absolute Gasteiger partial charge is 0.229 e. The van der Waals surface area contributed by atoms with E-state index in [2.05, 4.69) is 15.0 Å². The minimum atomic E-state index is -0.537. The lowest BCUT2D eigenvalue weighted by molar-refractivity contribution is -0.0882. The Labute approximate surface area is 89.1 Å². The first-order chi connectivity index (χ1) is 6.96. The van der Waals surface area contributed by atoms with Crippen LogP contribution in [0.1, 0.15) is 38.4 Å². The quantitative estimate of drug-likeness (QED) is 0.799. The van der Waals surface area contributed by atoms with Gasteiger partial charge >= 0.3 is 0 Å². The predicted octanol–water partition coefficient (Wildman–Crippen LogP) is 0.760. The highest BCUT2D eigenvalue weighted by molar-refractivity contribution is 4.96. The number of rotatable bonds is 3. The van der Waals surface area contributed by atoms with Crippen LogP contribution in [0.2, 0.25) is 0 Å². The van der Waals surface area contributed by atoms with Gasteiger partial charge in [-0.15, -0.1) is 0 Å². The third-order valence-corrected chi connectivity index (χ3v) is 2.47. The van der Waals surface area contributed by atoms with Crippen LogP contribution in [-0.4, -0.2) is 38.8 Å². The van der Waals surface area contributed by atoms with Crippen molar-refractivity contribution in [3.8, 4) is 0 Å². The van der Waals surface area contributed by atoms with Crippen molar-refractivity contribution in [2.45, 2.75) is 38.8 Å². The molecule has 0 amide bonds. The number of hydrogen-bond acceptors (Lipinski definition) is 5. The summed E-state index contributed by atoms with van der Waals surface area (Å²) < 4.78 is 5.10. The molecule has 1 aliphatic heterocycles. The molecule has 0 atom stereocenters. The third kappa shape index (κ3) is 2.35. The van der Waals surface area contributed by atoms with E-state index >= 15 is 0 Å². The Morgan fingerprint density at radius 1 is 1.53 bits per heavy atom. The molecule has 0 aromatic carbocycles. The van der Waals surface area contributed by atoms with Gasteiger partial charge in [-0.3, -0.25) is 4.90 Å². The molecular formula is C10H17N3O2. The second-order valence-electron chi connectivity index (χ2n) is 4.85. The first-order valence-electron chi connectivity index (χ1n) is 5.23. The van der Waals surface area contributed by atoms with E-state index in [1.807, 2.05) is 20.8 Å². The Morgan fingerprint density at radius 3 is 2.67 bits per heavy atom. The van der Waals surface area contributed by atoms with Crippen LogP contribution in [0.25, 0.3) is 0 Å². The van der Waals surface area contributed by atoms with Gasteiger partial charge in [-0.2, -0.15) is 4.98 Å². The van der Waals surface area contributed by atoms with Gasteiger partial charge in [0, 0.05) is 19.0 Å². The van der Waals surface area contributed by atoms with E-state index in [0.717, 1.165) is 0 Å². The molecular weight excluding hydrogens is 194 g/mol. The van der Waals surface area contributed by atoms with Crippen LogP contribution >= 0.6 is 0 Å². The second-order valence-corrected chi connectivity index (χ2v) is 4.85. The van der Waals surface area contributed by atoms with E-state index < -0.39 is 5.60 Å². The molecule has 5 nitrogen and oxygen atoms in total. The van der Waals surface area contributed by atoms with E-state index in [-0.39, 0.29) is 5.92 Å². The fraction of sp³-hybridized carbons (Fsp3) is 0.800. The molecule has 1 saturated heterocycles. The Bertz CT molecular complexity index is 338. The zero-order valence-electron chi connectivity index (χ0n) is 9.40. The highest BCUT2D eigenvalue weighted by Gasteiger charge is 2.36. The van der Waals surface area contributed by atoms with E-state index in [1.165, 1.54) is 0 Å². The van der Waals surface area contributed by atoms with E-state index in [0.29, 0.717) is 31.3 Å². The Hall–Kier alpha value is -0.940. The number of aliphatic hydroxyl groups is 1. The van der Waals surface area contributed by atoms with Gasteiger partial charge in [0.25, 0.3) is 0 Å². The van der Waals surface area contributed by atoms with E-state index in [4.69, 9.17) is 4.52 Å². The van der Waals surface area contributed by atoms with Crippen LogP contribution in [0.5, 0.6) is 0 Å². The third-order valence-electron chi connectivity index (χ3n) is 2.47. The summed E-state index contributed by atoms with van der Waals surface area (Å²) in [5.41, 5.74) is -0.537. The van der Waals surface area contributed by atoms with Gasteiger partial charge in [0.05, 0.1) is 12.1 Å². The topological polar surface area (TPSA) is 62.4 Å². The lowest BCUT2D eigenvalue weighted by atomic mass is 9.97. The lowest BCUT2D eigenvalue weighted by Crippen LogP contribution is -2.59. The normalized spacial score (nSPS) is 20.6. The van der Waals surface area contributed by atoms with Crippen LogP contribution in [0.4, 0.5) is 0 Å². The number of β-amino-alcohol motifs (C(OH)–C–C–N with tert-alkyl or cyclic N) is 1. The highest BCUT2D eigenvalue weighted by atomic mass is 16.5.